The molecule has 0 aliphatic rings. The number of hydrogen-bond donors (Lipinski definition) is 2. The fourth-order valence-electron chi connectivity index (χ4n) is 1.36. The lowest BCUT2D eigenvalue weighted by molar-refractivity contribution is 0.102. The van der Waals surface area contributed by atoms with E-state index in [4.69, 9.17) is 5.73 Å². The van der Waals surface area contributed by atoms with E-state index in [0.717, 1.165) is 18.2 Å². The number of anilines is 2. The van der Waals surface area contributed by atoms with Gasteiger partial charge in [0.25, 0.3) is 5.91 Å². The molecule has 0 aliphatic carbocycles. The third-order valence-corrected chi connectivity index (χ3v) is 2.14. The van der Waals surface area contributed by atoms with Gasteiger partial charge < -0.3 is 11.1 Å². The molecule has 0 fully saturated rings. The smallest absolute Gasteiger partial charge is 0.274 e. The summed E-state index contributed by atoms with van der Waals surface area (Å²) in [5, 5.41) is 2.34. The lowest BCUT2D eigenvalue weighted by Crippen LogP contribution is -2.14. The lowest BCUT2D eigenvalue weighted by atomic mass is 10.2. The Labute approximate surface area is 101 Å². The minimum Gasteiger partial charge on any atom is -0.397 e. The summed E-state index contributed by atoms with van der Waals surface area (Å²) in [5.74, 6) is -2.11. The molecule has 18 heavy (non-hydrogen) atoms. The van der Waals surface area contributed by atoms with Crippen LogP contribution in [-0.4, -0.2) is 10.9 Å². The first-order chi connectivity index (χ1) is 8.54. The number of nitrogens with zero attached hydrogens (tertiary/aromatic N) is 1. The minimum atomic E-state index is -0.768. The van der Waals surface area contributed by atoms with Crippen LogP contribution in [0.1, 0.15) is 10.5 Å². The van der Waals surface area contributed by atoms with Crippen molar-refractivity contribution in [1.29, 1.82) is 0 Å². The van der Waals surface area contributed by atoms with Crippen molar-refractivity contribution in [3.8, 4) is 0 Å². The fourth-order valence-corrected chi connectivity index (χ4v) is 1.36. The zero-order chi connectivity index (χ0) is 13.1. The van der Waals surface area contributed by atoms with Crippen LogP contribution in [-0.2, 0) is 0 Å². The Balaban J connectivity index is 2.18. The summed E-state index contributed by atoms with van der Waals surface area (Å²) in [6.45, 7) is 0. The number of rotatable bonds is 2. The van der Waals surface area contributed by atoms with Gasteiger partial charge in [-0.3, -0.25) is 4.79 Å². The maximum atomic E-state index is 12.9. The van der Waals surface area contributed by atoms with Crippen molar-refractivity contribution in [2.75, 3.05) is 11.1 Å². The molecule has 1 heterocycles. The third kappa shape index (κ3) is 2.79. The standard InChI is InChI=1S/C12H9F2N3O/c13-7-3-8(14)5-10(4-7)17-12(18)11-2-1-9(15)6-16-11/h1-6H,15H2,(H,17,18). The molecule has 3 N–H and O–H groups in total. The SMILES string of the molecule is Nc1ccc(C(=O)Nc2cc(F)cc(F)c2)nc1. The molecule has 1 aromatic carbocycles. The average molecular weight is 249 g/mol. The average Bonchev–Trinajstić information content (AvgIpc) is 2.28. The molecule has 0 radical (unpaired) electrons. The van der Waals surface area contributed by atoms with Gasteiger partial charge in [-0.1, -0.05) is 0 Å². The Bertz CT molecular complexity index is 564. The summed E-state index contributed by atoms with van der Waals surface area (Å²) < 4.78 is 25.8. The first-order valence-corrected chi connectivity index (χ1v) is 5.03. The molecule has 6 heteroatoms. The largest absolute Gasteiger partial charge is 0.397 e. The van der Waals surface area contributed by atoms with Crippen LogP contribution in [0.3, 0.4) is 0 Å². The van der Waals surface area contributed by atoms with Gasteiger partial charge in [-0.05, 0) is 24.3 Å². The fraction of sp³-hybridized carbons (Fsp3) is 0. The number of aromatic nitrogens is 1. The van der Waals surface area contributed by atoms with Crippen molar-refractivity contribution >= 4 is 17.3 Å². The highest BCUT2D eigenvalue weighted by Gasteiger charge is 2.08. The summed E-state index contributed by atoms with van der Waals surface area (Å²) in [6, 6.07) is 5.67. The van der Waals surface area contributed by atoms with Gasteiger partial charge in [0, 0.05) is 11.8 Å². The number of nitrogens with two attached hydrogens (primary N) is 1. The molecule has 2 rings (SSSR count). The summed E-state index contributed by atoms with van der Waals surface area (Å²) in [5.41, 5.74) is 5.98. The quantitative estimate of drug-likeness (QED) is 0.857. The number of carbonyl (C=O) groups is 1. The maximum absolute atomic E-state index is 12.9. The van der Waals surface area contributed by atoms with Crippen molar-refractivity contribution in [1.82, 2.24) is 4.98 Å². The number of carbonyl (C=O) groups excluding carboxylic acids is 1. The highest BCUT2D eigenvalue weighted by molar-refractivity contribution is 6.02. The van der Waals surface area contributed by atoms with Crippen LogP contribution in [0.4, 0.5) is 20.2 Å². The molecule has 0 aliphatic heterocycles. The van der Waals surface area contributed by atoms with Gasteiger partial charge in [-0.2, -0.15) is 0 Å². The number of halogens is 2. The van der Waals surface area contributed by atoms with E-state index in [0.29, 0.717) is 5.69 Å². The molecule has 0 bridgehead atoms. The highest BCUT2D eigenvalue weighted by Crippen LogP contribution is 2.14. The van der Waals surface area contributed by atoms with Gasteiger partial charge in [0.05, 0.1) is 11.9 Å². The topological polar surface area (TPSA) is 68.0 Å². The van der Waals surface area contributed by atoms with Crippen LogP contribution < -0.4 is 11.1 Å². The summed E-state index contributed by atoms with van der Waals surface area (Å²) >= 11 is 0. The van der Waals surface area contributed by atoms with E-state index >= 15 is 0 Å². The van der Waals surface area contributed by atoms with E-state index in [9.17, 15) is 13.6 Å². The number of nitrogen functional groups attached to an aromatic ring is 1. The highest BCUT2D eigenvalue weighted by atomic mass is 19.1. The second-order valence-electron chi connectivity index (χ2n) is 3.59. The number of amides is 1. The van der Waals surface area contributed by atoms with E-state index < -0.39 is 17.5 Å². The van der Waals surface area contributed by atoms with Gasteiger partial charge in [-0.15, -0.1) is 0 Å². The molecule has 92 valence electrons. The van der Waals surface area contributed by atoms with Gasteiger partial charge >= 0.3 is 0 Å². The van der Waals surface area contributed by atoms with Gasteiger partial charge in [0.1, 0.15) is 17.3 Å². The van der Waals surface area contributed by atoms with E-state index in [1.807, 2.05) is 0 Å². The van der Waals surface area contributed by atoms with E-state index in [1.54, 1.807) is 0 Å². The maximum Gasteiger partial charge on any atom is 0.274 e. The number of pyridine rings is 1. The number of nitrogens with one attached hydrogen (secondary N) is 1. The second kappa shape index (κ2) is 4.79. The van der Waals surface area contributed by atoms with Crippen LogP contribution in [0.25, 0.3) is 0 Å². The second-order valence-corrected chi connectivity index (χ2v) is 3.59. The molecule has 1 aromatic heterocycles. The first kappa shape index (κ1) is 12.0. The predicted molar refractivity (Wildman–Crippen MR) is 63.0 cm³/mol. The Morgan fingerprint density at radius 2 is 1.83 bits per heavy atom. The van der Waals surface area contributed by atoms with Gasteiger partial charge in [0.15, 0.2) is 0 Å². The van der Waals surface area contributed by atoms with Gasteiger partial charge in [0.2, 0.25) is 0 Å². The summed E-state index contributed by atoms with van der Waals surface area (Å²) in [6.07, 6.45) is 1.32. The van der Waals surface area contributed by atoms with Crippen molar-refractivity contribution in [3.63, 3.8) is 0 Å². The van der Waals surface area contributed by atoms with Crippen molar-refractivity contribution in [2.24, 2.45) is 0 Å². The van der Waals surface area contributed by atoms with Crippen molar-refractivity contribution < 1.29 is 13.6 Å². The van der Waals surface area contributed by atoms with Crippen LogP contribution in [0.2, 0.25) is 0 Å². The molecular weight excluding hydrogens is 240 g/mol. The molecule has 0 spiro atoms. The monoisotopic (exact) mass is 249 g/mol. The van der Waals surface area contributed by atoms with E-state index in [1.165, 1.54) is 18.3 Å². The van der Waals surface area contributed by atoms with Crippen molar-refractivity contribution in [3.05, 3.63) is 53.9 Å². The normalized spacial score (nSPS) is 10.1. The van der Waals surface area contributed by atoms with Crippen molar-refractivity contribution in [2.45, 2.75) is 0 Å². The Morgan fingerprint density at radius 1 is 1.17 bits per heavy atom. The molecule has 2 aromatic rings. The lowest BCUT2D eigenvalue weighted by Gasteiger charge is -2.05. The van der Waals surface area contributed by atoms with Crippen LogP contribution in [0.15, 0.2) is 36.5 Å². The predicted octanol–water partition coefficient (Wildman–Crippen LogP) is 2.19. The number of hydrogen-bond acceptors (Lipinski definition) is 3. The summed E-state index contributed by atoms with van der Waals surface area (Å²) in [7, 11) is 0. The minimum absolute atomic E-state index is 0.0242. The molecule has 1 amide bonds. The van der Waals surface area contributed by atoms with E-state index in [-0.39, 0.29) is 11.4 Å². The molecule has 0 atom stereocenters. The van der Waals surface area contributed by atoms with Crippen LogP contribution in [0, 0.1) is 11.6 Å². The Hall–Kier alpha value is -2.50. The Morgan fingerprint density at radius 3 is 2.39 bits per heavy atom. The molecule has 0 unspecified atom stereocenters. The van der Waals surface area contributed by atoms with Crippen LogP contribution in [0.5, 0.6) is 0 Å². The van der Waals surface area contributed by atoms with Gasteiger partial charge in [-0.25, -0.2) is 13.8 Å². The molecule has 4 nitrogen and oxygen atoms in total. The molecular formula is C12H9F2N3O. The molecule has 0 saturated carbocycles. The zero-order valence-corrected chi connectivity index (χ0v) is 9.15. The Kier molecular flexibility index (Phi) is 3.18. The third-order valence-electron chi connectivity index (χ3n) is 2.14. The summed E-state index contributed by atoms with van der Waals surface area (Å²) in [4.78, 5) is 15.5. The first-order valence-electron chi connectivity index (χ1n) is 5.03. The van der Waals surface area contributed by atoms with Crippen LogP contribution >= 0.6 is 0 Å². The van der Waals surface area contributed by atoms with E-state index in [2.05, 4.69) is 10.3 Å². The zero-order valence-electron chi connectivity index (χ0n) is 9.15. The molecule has 0 saturated heterocycles. The number of benzene rings is 1.